The van der Waals surface area contributed by atoms with E-state index in [9.17, 15) is 29.4 Å². The molecule has 34 heavy (non-hydrogen) atoms. The molecule has 0 unspecified atom stereocenters. The highest BCUT2D eigenvalue weighted by Gasteiger charge is 2.19. The van der Waals surface area contributed by atoms with Crippen molar-refractivity contribution in [2.24, 2.45) is 0 Å². The van der Waals surface area contributed by atoms with Crippen molar-refractivity contribution in [3.63, 3.8) is 0 Å². The highest BCUT2D eigenvalue weighted by Crippen LogP contribution is 2.23. The maximum atomic E-state index is 13.6. The van der Waals surface area contributed by atoms with E-state index in [1.54, 1.807) is 12.1 Å². The summed E-state index contributed by atoms with van der Waals surface area (Å²) in [6, 6.07) is 11.6. The fourth-order valence-corrected chi connectivity index (χ4v) is 3.02. The van der Waals surface area contributed by atoms with E-state index in [4.69, 9.17) is 4.74 Å². The van der Waals surface area contributed by atoms with Crippen molar-refractivity contribution in [3.8, 4) is 17.3 Å². The van der Waals surface area contributed by atoms with E-state index in [0.29, 0.717) is 17.0 Å². The molecule has 0 saturated heterocycles. The second kappa shape index (κ2) is 9.23. The summed E-state index contributed by atoms with van der Waals surface area (Å²) in [5, 5.41) is 36.7. The molecule has 2 aromatic carbocycles. The zero-order chi connectivity index (χ0) is 24.2. The Balaban J connectivity index is 1.42. The number of hydrogen-bond donors (Lipinski definition) is 1. The minimum Gasteiger partial charge on any atom is -0.475 e. The van der Waals surface area contributed by atoms with Gasteiger partial charge in [0.2, 0.25) is 5.88 Å². The van der Waals surface area contributed by atoms with Crippen LogP contribution in [0, 0.1) is 26.0 Å². The van der Waals surface area contributed by atoms with Gasteiger partial charge in [-0.3, -0.25) is 25.0 Å². The van der Waals surface area contributed by atoms with Crippen molar-refractivity contribution in [1.29, 1.82) is 0 Å². The summed E-state index contributed by atoms with van der Waals surface area (Å²) in [5.74, 6) is -0.705. The SMILES string of the molecule is O=C(NCCOc1ccc2nnc(-c3cccc(F)c3)n2n1)c1cc([N+](=O)[O-])cc([N+](=O)[O-])c1. The molecule has 2 aromatic heterocycles. The molecule has 0 fully saturated rings. The molecular formula is C20H14FN7O6. The Labute approximate surface area is 189 Å². The molecule has 0 aliphatic rings. The van der Waals surface area contributed by atoms with Crippen molar-refractivity contribution in [2.45, 2.75) is 0 Å². The van der Waals surface area contributed by atoms with Gasteiger partial charge in [-0.15, -0.1) is 15.3 Å². The van der Waals surface area contributed by atoms with Gasteiger partial charge in [0, 0.05) is 23.8 Å². The molecule has 4 aromatic rings. The van der Waals surface area contributed by atoms with E-state index in [2.05, 4.69) is 20.6 Å². The summed E-state index contributed by atoms with van der Waals surface area (Å²) in [6.07, 6.45) is 0. The highest BCUT2D eigenvalue weighted by molar-refractivity contribution is 5.95. The highest BCUT2D eigenvalue weighted by atomic mass is 19.1. The number of hydrogen-bond acceptors (Lipinski definition) is 9. The van der Waals surface area contributed by atoms with Crippen LogP contribution in [0.2, 0.25) is 0 Å². The largest absolute Gasteiger partial charge is 0.475 e. The van der Waals surface area contributed by atoms with Crippen molar-refractivity contribution in [3.05, 3.63) is 86.2 Å². The zero-order valence-corrected chi connectivity index (χ0v) is 17.1. The molecule has 13 nitrogen and oxygen atoms in total. The van der Waals surface area contributed by atoms with Gasteiger partial charge in [0.15, 0.2) is 11.5 Å². The summed E-state index contributed by atoms with van der Waals surface area (Å²) in [5.41, 5.74) is -0.500. The molecule has 172 valence electrons. The first-order valence-corrected chi connectivity index (χ1v) is 9.65. The lowest BCUT2D eigenvalue weighted by atomic mass is 10.1. The van der Waals surface area contributed by atoms with Crippen molar-refractivity contribution in [1.82, 2.24) is 25.1 Å². The second-order valence-corrected chi connectivity index (χ2v) is 6.83. The van der Waals surface area contributed by atoms with Gasteiger partial charge in [0.25, 0.3) is 17.3 Å². The number of rotatable bonds is 8. The van der Waals surface area contributed by atoms with Crippen molar-refractivity contribution < 1.29 is 23.8 Å². The third-order valence-electron chi connectivity index (χ3n) is 4.55. The van der Waals surface area contributed by atoms with Gasteiger partial charge < -0.3 is 10.1 Å². The van der Waals surface area contributed by atoms with E-state index in [0.717, 1.165) is 18.2 Å². The van der Waals surface area contributed by atoms with Crippen LogP contribution in [0.4, 0.5) is 15.8 Å². The molecule has 0 aliphatic carbocycles. The van der Waals surface area contributed by atoms with Gasteiger partial charge in [0.05, 0.1) is 28.0 Å². The van der Waals surface area contributed by atoms with Crippen LogP contribution in [-0.4, -0.2) is 48.7 Å². The van der Waals surface area contributed by atoms with Crippen LogP contribution in [-0.2, 0) is 0 Å². The van der Waals surface area contributed by atoms with Gasteiger partial charge in [-0.25, -0.2) is 4.39 Å². The molecular weight excluding hydrogens is 453 g/mol. The van der Waals surface area contributed by atoms with Crippen LogP contribution in [0.3, 0.4) is 0 Å². The maximum Gasteiger partial charge on any atom is 0.277 e. The summed E-state index contributed by atoms with van der Waals surface area (Å²) >= 11 is 0. The van der Waals surface area contributed by atoms with E-state index in [1.165, 1.54) is 28.8 Å². The van der Waals surface area contributed by atoms with E-state index in [-0.39, 0.29) is 24.6 Å². The summed E-state index contributed by atoms with van der Waals surface area (Å²) in [6.45, 7) is -0.0489. The van der Waals surface area contributed by atoms with Crippen LogP contribution in [0.1, 0.15) is 10.4 Å². The number of nitro benzene ring substituents is 2. The van der Waals surface area contributed by atoms with Crippen molar-refractivity contribution in [2.75, 3.05) is 13.2 Å². The molecule has 0 radical (unpaired) electrons. The number of nitrogens with one attached hydrogen (secondary N) is 1. The number of aromatic nitrogens is 4. The first-order valence-electron chi connectivity index (χ1n) is 9.65. The number of halogens is 1. The van der Waals surface area contributed by atoms with E-state index >= 15 is 0 Å². The minimum absolute atomic E-state index is 0.0199. The summed E-state index contributed by atoms with van der Waals surface area (Å²) in [4.78, 5) is 32.6. The number of non-ortho nitro benzene ring substituents is 2. The molecule has 0 spiro atoms. The number of amides is 1. The van der Waals surface area contributed by atoms with Crippen LogP contribution in [0.25, 0.3) is 17.0 Å². The molecule has 1 N–H and O–H groups in total. The van der Waals surface area contributed by atoms with Gasteiger partial charge in [-0.2, -0.15) is 4.52 Å². The molecule has 0 bridgehead atoms. The number of nitrogens with zero attached hydrogens (tertiary/aromatic N) is 6. The van der Waals surface area contributed by atoms with E-state index in [1.807, 2.05) is 0 Å². The molecule has 0 atom stereocenters. The number of nitro groups is 2. The van der Waals surface area contributed by atoms with Crippen LogP contribution < -0.4 is 10.1 Å². The van der Waals surface area contributed by atoms with Crippen LogP contribution in [0.15, 0.2) is 54.6 Å². The number of fused-ring (bicyclic) bond motifs is 1. The fraction of sp³-hybridized carbons (Fsp3) is 0.100. The van der Waals surface area contributed by atoms with E-state index < -0.39 is 32.9 Å². The van der Waals surface area contributed by atoms with Crippen LogP contribution >= 0.6 is 0 Å². The lowest BCUT2D eigenvalue weighted by molar-refractivity contribution is -0.394. The Morgan fingerprint density at radius 1 is 1.03 bits per heavy atom. The molecule has 4 rings (SSSR count). The van der Waals surface area contributed by atoms with Gasteiger partial charge in [-0.05, 0) is 18.2 Å². The fourth-order valence-electron chi connectivity index (χ4n) is 3.02. The molecule has 14 heteroatoms. The molecule has 1 amide bonds. The standard InChI is InChI=1S/C20H14FN7O6/c21-14-3-1-2-12(8-14)19-24-23-17-4-5-18(25-26(17)19)34-7-6-22-20(29)13-9-15(27(30)31)11-16(10-13)28(32)33/h1-5,8-11H,6-7H2,(H,22,29). The lowest BCUT2D eigenvalue weighted by Crippen LogP contribution is -2.28. The predicted octanol–water partition coefficient (Wildman–Crippen LogP) is 2.56. The Morgan fingerprint density at radius 3 is 2.44 bits per heavy atom. The normalized spacial score (nSPS) is 10.7. The Bertz CT molecular complexity index is 1390. The lowest BCUT2D eigenvalue weighted by Gasteiger charge is -2.08. The molecule has 0 saturated carbocycles. The summed E-state index contributed by atoms with van der Waals surface area (Å²) < 4.78 is 20.4. The quantitative estimate of drug-likeness (QED) is 0.232. The Morgan fingerprint density at radius 2 is 1.76 bits per heavy atom. The monoisotopic (exact) mass is 467 g/mol. The van der Waals surface area contributed by atoms with Crippen LogP contribution in [0.5, 0.6) is 5.88 Å². The molecule has 2 heterocycles. The number of ether oxygens (including phenoxy) is 1. The third-order valence-corrected chi connectivity index (χ3v) is 4.55. The number of benzene rings is 2. The number of carbonyl (C=O) groups excluding carboxylic acids is 1. The third kappa shape index (κ3) is 4.74. The topological polar surface area (TPSA) is 168 Å². The predicted molar refractivity (Wildman–Crippen MR) is 114 cm³/mol. The number of carbonyl (C=O) groups is 1. The minimum atomic E-state index is -0.822. The van der Waals surface area contributed by atoms with Crippen molar-refractivity contribution >= 4 is 22.9 Å². The van der Waals surface area contributed by atoms with Gasteiger partial charge in [-0.1, -0.05) is 12.1 Å². The second-order valence-electron chi connectivity index (χ2n) is 6.83. The summed E-state index contributed by atoms with van der Waals surface area (Å²) in [7, 11) is 0. The average molecular weight is 467 g/mol. The first kappa shape index (κ1) is 22.2. The zero-order valence-electron chi connectivity index (χ0n) is 17.1. The smallest absolute Gasteiger partial charge is 0.277 e. The Hall–Kier alpha value is -5.01. The first-order chi connectivity index (χ1) is 16.3. The van der Waals surface area contributed by atoms with Gasteiger partial charge in [0.1, 0.15) is 12.4 Å². The Kier molecular flexibility index (Phi) is 6.03. The van der Waals surface area contributed by atoms with Gasteiger partial charge >= 0.3 is 0 Å². The maximum absolute atomic E-state index is 13.6. The average Bonchev–Trinajstić information content (AvgIpc) is 3.24. The molecule has 0 aliphatic heterocycles.